The van der Waals surface area contributed by atoms with Crippen molar-refractivity contribution in [3.05, 3.63) is 34.9 Å². The highest BCUT2D eigenvalue weighted by atomic mass is 35.5. The van der Waals surface area contributed by atoms with Gasteiger partial charge in [0.2, 0.25) is 17.8 Å². The maximum absolute atomic E-state index is 12.2. The van der Waals surface area contributed by atoms with E-state index in [1.165, 1.54) is 0 Å². The summed E-state index contributed by atoms with van der Waals surface area (Å²) in [4.78, 5) is 25.2. The molecule has 1 fully saturated rings. The molecule has 1 aromatic heterocycles. The fourth-order valence-electron chi connectivity index (χ4n) is 2.86. The monoisotopic (exact) mass is 419 g/mol. The second-order valence-corrected chi connectivity index (χ2v) is 7.62. The Labute approximate surface area is 174 Å². The summed E-state index contributed by atoms with van der Waals surface area (Å²) in [6.07, 6.45) is 2.56. The first-order valence-electron chi connectivity index (χ1n) is 9.69. The zero-order chi connectivity index (χ0) is 20.8. The fourth-order valence-corrected chi connectivity index (χ4v) is 2.98. The van der Waals surface area contributed by atoms with Gasteiger partial charge in [-0.25, -0.2) is 5.06 Å². The zero-order valence-electron chi connectivity index (χ0n) is 16.5. The van der Waals surface area contributed by atoms with E-state index in [-0.39, 0.29) is 23.8 Å². The summed E-state index contributed by atoms with van der Waals surface area (Å²) in [6.45, 7) is 4.77. The van der Waals surface area contributed by atoms with Crippen LogP contribution in [0.25, 0.3) is 0 Å². The van der Waals surface area contributed by atoms with Gasteiger partial charge in [-0.05, 0) is 50.8 Å². The number of aromatic nitrogens is 3. The van der Waals surface area contributed by atoms with Gasteiger partial charge in [0.25, 0.3) is 5.95 Å². The average molecular weight is 420 g/mol. The normalized spacial score (nSPS) is 16.9. The van der Waals surface area contributed by atoms with Crippen LogP contribution in [0.3, 0.4) is 0 Å². The third-order valence-corrected chi connectivity index (χ3v) is 4.77. The molecule has 1 saturated heterocycles. The van der Waals surface area contributed by atoms with Crippen LogP contribution in [0.2, 0.25) is 5.02 Å². The molecule has 0 bridgehead atoms. The van der Waals surface area contributed by atoms with Crippen LogP contribution in [0, 0.1) is 0 Å². The Morgan fingerprint density at radius 1 is 1.21 bits per heavy atom. The topological polar surface area (TPSA) is 115 Å². The fraction of sp³-hybridized carbons (Fsp3) is 0.474. The lowest BCUT2D eigenvalue weighted by Gasteiger charge is -2.21. The van der Waals surface area contributed by atoms with Crippen LogP contribution in [0.5, 0.6) is 0 Å². The largest absolute Gasteiger partial charge is 0.354 e. The number of anilines is 3. The number of rotatable bonds is 7. The maximum atomic E-state index is 12.2. The lowest BCUT2D eigenvalue weighted by Crippen LogP contribution is -2.38. The van der Waals surface area contributed by atoms with E-state index < -0.39 is 6.04 Å². The van der Waals surface area contributed by atoms with Crippen LogP contribution < -0.4 is 21.0 Å². The number of carbonyl (C=O) groups is 1. The van der Waals surface area contributed by atoms with Gasteiger partial charge in [-0.1, -0.05) is 23.7 Å². The van der Waals surface area contributed by atoms with Gasteiger partial charge >= 0.3 is 0 Å². The van der Waals surface area contributed by atoms with E-state index in [0.29, 0.717) is 30.5 Å². The average Bonchev–Trinajstić information content (AvgIpc) is 2.91. The summed E-state index contributed by atoms with van der Waals surface area (Å²) in [5.74, 6) is 0.548. The number of carbonyl (C=O) groups excluding carboxylic acids is 1. The van der Waals surface area contributed by atoms with Crippen molar-refractivity contribution in [2.24, 2.45) is 0 Å². The Morgan fingerprint density at radius 3 is 2.66 bits per heavy atom. The molecule has 9 nitrogen and oxygen atoms in total. The van der Waals surface area contributed by atoms with E-state index in [1.54, 1.807) is 0 Å². The van der Waals surface area contributed by atoms with Crippen molar-refractivity contribution in [2.45, 2.75) is 51.7 Å². The minimum atomic E-state index is -0.428. The molecular weight excluding hydrogens is 394 g/mol. The molecule has 10 heteroatoms. The number of nitrogens with one attached hydrogen (secondary N) is 3. The zero-order valence-corrected chi connectivity index (χ0v) is 17.3. The molecule has 0 radical (unpaired) electrons. The summed E-state index contributed by atoms with van der Waals surface area (Å²) in [7, 11) is 0. The highest BCUT2D eigenvalue weighted by Gasteiger charge is 2.23. The number of nitrogens with zero attached hydrogens (tertiary/aromatic N) is 4. The van der Waals surface area contributed by atoms with E-state index in [0.717, 1.165) is 23.5 Å². The van der Waals surface area contributed by atoms with E-state index in [1.807, 2.05) is 38.1 Å². The van der Waals surface area contributed by atoms with Crippen molar-refractivity contribution in [1.82, 2.24) is 20.3 Å². The summed E-state index contributed by atoms with van der Waals surface area (Å²) < 4.78 is 0. The van der Waals surface area contributed by atoms with Crippen molar-refractivity contribution in [1.29, 1.82) is 0 Å². The van der Waals surface area contributed by atoms with Crippen LogP contribution in [-0.2, 0) is 11.3 Å². The molecule has 0 spiro atoms. The molecule has 2 aromatic rings. The third-order valence-electron chi connectivity index (χ3n) is 4.52. The van der Waals surface area contributed by atoms with Crippen molar-refractivity contribution < 1.29 is 10.0 Å². The molecular formula is C19H26ClN7O2. The predicted molar refractivity (Wildman–Crippen MR) is 112 cm³/mol. The van der Waals surface area contributed by atoms with Crippen molar-refractivity contribution in [3.63, 3.8) is 0 Å². The van der Waals surface area contributed by atoms with E-state index in [9.17, 15) is 10.0 Å². The van der Waals surface area contributed by atoms with Crippen molar-refractivity contribution >= 4 is 35.4 Å². The lowest BCUT2D eigenvalue weighted by molar-refractivity contribution is -0.121. The van der Waals surface area contributed by atoms with Gasteiger partial charge < -0.3 is 16.0 Å². The number of hydrogen-bond donors (Lipinski definition) is 4. The van der Waals surface area contributed by atoms with Gasteiger partial charge in [0, 0.05) is 18.1 Å². The number of benzene rings is 1. The molecule has 1 amide bonds. The van der Waals surface area contributed by atoms with E-state index in [2.05, 4.69) is 30.9 Å². The Hall–Kier alpha value is -2.65. The minimum Gasteiger partial charge on any atom is -0.354 e. The van der Waals surface area contributed by atoms with Gasteiger partial charge in [-0.15, -0.1) is 0 Å². The second-order valence-electron chi connectivity index (χ2n) is 7.18. The number of halogens is 1. The van der Waals surface area contributed by atoms with Crippen LogP contribution >= 0.6 is 11.6 Å². The predicted octanol–water partition coefficient (Wildman–Crippen LogP) is 2.82. The first kappa shape index (κ1) is 21.1. The molecule has 1 atom stereocenters. The first-order chi connectivity index (χ1) is 13.9. The molecule has 4 N–H and O–H groups in total. The molecule has 1 aromatic carbocycles. The molecule has 1 unspecified atom stereocenters. The van der Waals surface area contributed by atoms with Crippen molar-refractivity contribution in [2.75, 3.05) is 22.2 Å². The Morgan fingerprint density at radius 2 is 1.93 bits per heavy atom. The van der Waals surface area contributed by atoms with E-state index in [4.69, 9.17) is 11.6 Å². The van der Waals surface area contributed by atoms with Gasteiger partial charge in [-0.3, -0.25) is 10.0 Å². The van der Waals surface area contributed by atoms with E-state index >= 15 is 0 Å². The quantitative estimate of drug-likeness (QED) is 0.506. The molecule has 1 aliphatic heterocycles. The third kappa shape index (κ3) is 5.91. The maximum Gasteiger partial charge on any atom is 0.256 e. The van der Waals surface area contributed by atoms with Gasteiger partial charge in [0.05, 0.1) is 6.04 Å². The number of hydrogen-bond acceptors (Lipinski definition) is 8. The van der Waals surface area contributed by atoms with Gasteiger partial charge in [0.1, 0.15) is 6.04 Å². The molecule has 2 heterocycles. The van der Waals surface area contributed by atoms with Gasteiger partial charge in [-0.2, -0.15) is 15.0 Å². The Bertz CT molecular complexity index is 832. The van der Waals surface area contributed by atoms with Crippen LogP contribution in [-0.4, -0.2) is 44.7 Å². The molecule has 3 rings (SSSR count). The smallest absolute Gasteiger partial charge is 0.256 e. The summed E-state index contributed by atoms with van der Waals surface area (Å²) in [6, 6.07) is 6.77. The molecule has 1 aliphatic rings. The van der Waals surface area contributed by atoms with Gasteiger partial charge in [0.15, 0.2) is 0 Å². The molecule has 0 saturated carbocycles. The summed E-state index contributed by atoms with van der Waals surface area (Å²) in [5.41, 5.74) is 0.999. The van der Waals surface area contributed by atoms with Crippen molar-refractivity contribution in [3.8, 4) is 0 Å². The highest BCUT2D eigenvalue weighted by molar-refractivity contribution is 6.30. The van der Waals surface area contributed by atoms with Crippen LogP contribution in [0.4, 0.5) is 17.8 Å². The highest BCUT2D eigenvalue weighted by Crippen LogP contribution is 2.18. The summed E-state index contributed by atoms with van der Waals surface area (Å²) >= 11 is 5.92. The summed E-state index contributed by atoms with van der Waals surface area (Å²) in [5, 5.41) is 21.0. The minimum absolute atomic E-state index is 0.0788. The number of hydroxylamine groups is 1. The van der Waals surface area contributed by atoms with Crippen LogP contribution in [0.15, 0.2) is 24.3 Å². The Balaban J connectivity index is 1.80. The molecule has 0 aliphatic carbocycles. The van der Waals surface area contributed by atoms with Crippen LogP contribution in [0.1, 0.15) is 38.7 Å². The standard InChI is InChI=1S/C19H26ClN7O2/c1-12(2)27(29)19-25-17(22-11-13-6-8-14(20)9-7-13)24-18(26-19)23-15-5-3-4-10-21-16(15)28/h6-9,12,15,29H,3-5,10-11H2,1-2H3,(H,21,28)(H2,22,23,24,25,26). The lowest BCUT2D eigenvalue weighted by atomic mass is 10.1. The molecule has 156 valence electrons. The first-order valence-corrected chi connectivity index (χ1v) is 10.1. The SMILES string of the molecule is CC(C)N(O)c1nc(NCc2ccc(Cl)cc2)nc(NC2CCCCNC2=O)n1. The Kier molecular flexibility index (Phi) is 7.05. The molecule has 29 heavy (non-hydrogen) atoms. The number of amides is 1. The second kappa shape index (κ2) is 9.71.